The Morgan fingerprint density at radius 3 is 2.29 bits per heavy atom. The third-order valence-electron chi connectivity index (χ3n) is 2.24. The maximum Gasteiger partial charge on any atom is 0.249 e. The third-order valence-corrected chi connectivity index (χ3v) is 2.24. The fourth-order valence-electron chi connectivity index (χ4n) is 1.13. The molecule has 1 unspecified atom stereocenters. The highest BCUT2D eigenvalue weighted by molar-refractivity contribution is 5.75. The summed E-state index contributed by atoms with van der Waals surface area (Å²) in [5, 5.41) is 2.59. The lowest BCUT2D eigenvalue weighted by molar-refractivity contribution is -0.122. The van der Waals surface area contributed by atoms with Crippen molar-refractivity contribution < 1.29 is 13.6 Å². The summed E-state index contributed by atoms with van der Waals surface area (Å²) in [6, 6.07) is -0.405. The summed E-state index contributed by atoms with van der Waals surface area (Å²) in [6.07, 6.45) is 0.451. The van der Waals surface area contributed by atoms with E-state index >= 15 is 0 Å². The van der Waals surface area contributed by atoms with E-state index in [4.69, 9.17) is 0 Å². The van der Waals surface area contributed by atoms with Crippen molar-refractivity contribution in [2.75, 3.05) is 0 Å². The summed E-state index contributed by atoms with van der Waals surface area (Å²) < 4.78 is 26.0. The van der Waals surface area contributed by atoms with Gasteiger partial charge in [0.05, 0.1) is 0 Å². The number of hydrogen-bond donors (Lipinski definition) is 1. The Balaban J connectivity index is 4.09. The zero-order chi connectivity index (χ0) is 11.2. The lowest BCUT2D eigenvalue weighted by Crippen LogP contribution is -2.38. The van der Waals surface area contributed by atoms with Gasteiger partial charge in [-0.3, -0.25) is 4.79 Å². The van der Waals surface area contributed by atoms with Gasteiger partial charge in [-0.05, 0) is 6.42 Å². The maximum absolute atomic E-state index is 13.0. The van der Waals surface area contributed by atoms with Crippen molar-refractivity contribution in [2.45, 2.75) is 58.4 Å². The van der Waals surface area contributed by atoms with Crippen LogP contribution >= 0.6 is 0 Å². The Morgan fingerprint density at radius 2 is 1.93 bits per heavy atom. The molecule has 0 aromatic rings. The molecule has 0 spiro atoms. The fraction of sp³-hybridized carbons (Fsp3) is 0.900. The quantitative estimate of drug-likeness (QED) is 0.713. The molecule has 0 fully saturated rings. The third kappa shape index (κ3) is 5.14. The second-order valence-electron chi connectivity index (χ2n) is 3.44. The van der Waals surface area contributed by atoms with Crippen molar-refractivity contribution in [1.29, 1.82) is 0 Å². The number of carbonyl (C=O) groups is 1. The lowest BCUT2D eigenvalue weighted by Gasteiger charge is -2.22. The van der Waals surface area contributed by atoms with E-state index in [1.807, 2.05) is 0 Å². The SMILES string of the molecule is CCC(=O)NC(CC)CC(F)(F)CC. The Morgan fingerprint density at radius 1 is 1.36 bits per heavy atom. The number of halogens is 2. The van der Waals surface area contributed by atoms with Gasteiger partial charge in [-0.15, -0.1) is 0 Å². The first kappa shape index (κ1) is 13.3. The zero-order valence-electron chi connectivity index (χ0n) is 9.07. The van der Waals surface area contributed by atoms with E-state index < -0.39 is 12.0 Å². The van der Waals surface area contributed by atoms with Crippen LogP contribution in [0.4, 0.5) is 8.78 Å². The topological polar surface area (TPSA) is 29.1 Å². The minimum Gasteiger partial charge on any atom is -0.353 e. The molecule has 0 heterocycles. The van der Waals surface area contributed by atoms with E-state index in [1.165, 1.54) is 6.92 Å². The van der Waals surface area contributed by atoms with Gasteiger partial charge in [-0.1, -0.05) is 20.8 Å². The number of carbonyl (C=O) groups excluding carboxylic acids is 1. The Labute approximate surface area is 84.1 Å². The molecule has 0 rings (SSSR count). The first-order chi connectivity index (χ1) is 6.45. The number of alkyl halides is 2. The standard InChI is InChI=1S/C10H19F2NO/c1-4-8(13-9(14)5-2)7-10(11,12)6-3/h8H,4-7H2,1-3H3,(H,13,14). The minimum atomic E-state index is -2.66. The number of nitrogens with one attached hydrogen (secondary N) is 1. The van der Waals surface area contributed by atoms with Crippen LogP contribution in [-0.2, 0) is 4.79 Å². The molecule has 0 aliphatic rings. The lowest BCUT2D eigenvalue weighted by atomic mass is 10.0. The van der Waals surface area contributed by atoms with Gasteiger partial charge >= 0.3 is 0 Å². The molecular formula is C10H19F2NO. The Bertz CT molecular complexity index is 183. The zero-order valence-corrected chi connectivity index (χ0v) is 9.07. The van der Waals surface area contributed by atoms with Gasteiger partial charge in [0.1, 0.15) is 0 Å². The van der Waals surface area contributed by atoms with Crippen LogP contribution in [0.2, 0.25) is 0 Å². The van der Waals surface area contributed by atoms with E-state index in [0.717, 1.165) is 0 Å². The van der Waals surface area contributed by atoms with Crippen molar-refractivity contribution in [3.8, 4) is 0 Å². The molecule has 2 nitrogen and oxygen atoms in total. The molecule has 0 saturated carbocycles. The van der Waals surface area contributed by atoms with E-state index in [-0.39, 0.29) is 18.7 Å². The highest BCUT2D eigenvalue weighted by Crippen LogP contribution is 2.24. The highest BCUT2D eigenvalue weighted by atomic mass is 19.3. The molecule has 0 bridgehead atoms. The maximum atomic E-state index is 13.0. The molecule has 0 radical (unpaired) electrons. The molecule has 0 aromatic carbocycles. The summed E-state index contributed by atoms with van der Waals surface area (Å²) in [5.41, 5.74) is 0. The molecule has 14 heavy (non-hydrogen) atoms. The molecule has 0 saturated heterocycles. The first-order valence-corrected chi connectivity index (χ1v) is 5.12. The second-order valence-corrected chi connectivity index (χ2v) is 3.44. The number of hydrogen-bond acceptors (Lipinski definition) is 1. The van der Waals surface area contributed by atoms with E-state index in [9.17, 15) is 13.6 Å². The smallest absolute Gasteiger partial charge is 0.249 e. The van der Waals surface area contributed by atoms with Gasteiger partial charge in [-0.2, -0.15) is 0 Å². The average molecular weight is 207 g/mol. The summed E-state index contributed by atoms with van der Waals surface area (Å²) in [7, 11) is 0. The van der Waals surface area contributed by atoms with E-state index in [0.29, 0.717) is 12.8 Å². The molecule has 1 atom stereocenters. The van der Waals surface area contributed by atoms with Crippen LogP contribution in [-0.4, -0.2) is 17.9 Å². The monoisotopic (exact) mass is 207 g/mol. The van der Waals surface area contributed by atoms with Crippen molar-refractivity contribution in [3.63, 3.8) is 0 Å². The molecule has 84 valence electrons. The van der Waals surface area contributed by atoms with Crippen LogP contribution in [0.3, 0.4) is 0 Å². The van der Waals surface area contributed by atoms with Gasteiger partial charge in [0.15, 0.2) is 0 Å². The van der Waals surface area contributed by atoms with Gasteiger partial charge < -0.3 is 5.32 Å². The first-order valence-electron chi connectivity index (χ1n) is 5.12. The van der Waals surface area contributed by atoms with E-state index in [2.05, 4.69) is 5.32 Å². The van der Waals surface area contributed by atoms with Gasteiger partial charge in [0.25, 0.3) is 0 Å². The predicted octanol–water partition coefficient (Wildman–Crippen LogP) is 2.73. The van der Waals surface area contributed by atoms with Crippen molar-refractivity contribution in [1.82, 2.24) is 5.32 Å². The summed E-state index contributed by atoms with van der Waals surface area (Å²) >= 11 is 0. The molecule has 4 heteroatoms. The molecule has 0 aromatic heterocycles. The van der Waals surface area contributed by atoms with Crippen molar-refractivity contribution in [2.24, 2.45) is 0 Å². The molecular weight excluding hydrogens is 188 g/mol. The highest BCUT2D eigenvalue weighted by Gasteiger charge is 2.30. The van der Waals surface area contributed by atoms with Crippen LogP contribution in [0.15, 0.2) is 0 Å². The number of rotatable bonds is 6. The van der Waals surface area contributed by atoms with Gasteiger partial charge in [0, 0.05) is 25.3 Å². The summed E-state index contributed by atoms with van der Waals surface area (Å²) in [6.45, 7) is 4.96. The largest absolute Gasteiger partial charge is 0.353 e. The van der Waals surface area contributed by atoms with Crippen LogP contribution in [0.25, 0.3) is 0 Å². The molecule has 0 aliphatic heterocycles. The van der Waals surface area contributed by atoms with Crippen molar-refractivity contribution >= 4 is 5.91 Å². The van der Waals surface area contributed by atoms with Crippen LogP contribution in [0.5, 0.6) is 0 Å². The molecule has 0 aliphatic carbocycles. The van der Waals surface area contributed by atoms with Crippen LogP contribution in [0, 0.1) is 0 Å². The number of amides is 1. The predicted molar refractivity (Wildman–Crippen MR) is 52.4 cm³/mol. The molecule has 1 N–H and O–H groups in total. The van der Waals surface area contributed by atoms with Crippen LogP contribution in [0.1, 0.15) is 46.5 Å². The second kappa shape index (κ2) is 5.94. The summed E-state index contributed by atoms with van der Waals surface area (Å²) in [4.78, 5) is 11.0. The van der Waals surface area contributed by atoms with Crippen molar-refractivity contribution in [3.05, 3.63) is 0 Å². The minimum absolute atomic E-state index is 0.163. The fourth-order valence-corrected chi connectivity index (χ4v) is 1.13. The summed E-state index contributed by atoms with van der Waals surface area (Å²) in [5.74, 6) is -2.83. The van der Waals surface area contributed by atoms with Crippen LogP contribution < -0.4 is 5.32 Å². The normalized spacial score (nSPS) is 13.8. The van der Waals surface area contributed by atoms with E-state index in [1.54, 1.807) is 13.8 Å². The van der Waals surface area contributed by atoms with Gasteiger partial charge in [0.2, 0.25) is 11.8 Å². The average Bonchev–Trinajstić information content (AvgIpc) is 2.16. The Hall–Kier alpha value is -0.670. The van der Waals surface area contributed by atoms with Gasteiger partial charge in [-0.25, -0.2) is 8.78 Å². The Kier molecular flexibility index (Phi) is 5.65. The molecule has 1 amide bonds.